The van der Waals surface area contributed by atoms with E-state index in [1.807, 2.05) is 6.21 Å². The summed E-state index contributed by atoms with van der Waals surface area (Å²) in [6, 6.07) is 0. The summed E-state index contributed by atoms with van der Waals surface area (Å²) in [7, 11) is 0. The lowest BCUT2D eigenvalue weighted by atomic mass is 9.75. The number of nitrogens with two attached hydrogens (primary N) is 1. The summed E-state index contributed by atoms with van der Waals surface area (Å²) in [5.41, 5.74) is 8.52. The van der Waals surface area contributed by atoms with Crippen molar-refractivity contribution in [1.29, 1.82) is 0 Å². The molecule has 0 bridgehead atoms. The number of aliphatic imine (C=N–C) groups is 1. The molecule has 0 saturated heterocycles. The van der Waals surface area contributed by atoms with E-state index in [-0.39, 0.29) is 5.54 Å². The summed E-state index contributed by atoms with van der Waals surface area (Å²) >= 11 is 0. The van der Waals surface area contributed by atoms with Gasteiger partial charge in [-0.3, -0.25) is 4.99 Å². The maximum Gasteiger partial charge on any atom is 0.0605 e. The normalized spacial score (nSPS) is 20.5. The topological polar surface area (TPSA) is 38.4 Å². The van der Waals surface area contributed by atoms with Crippen LogP contribution in [0.3, 0.4) is 0 Å². The summed E-state index contributed by atoms with van der Waals surface area (Å²) in [4.78, 5) is 4.77. The lowest BCUT2D eigenvalue weighted by Crippen LogP contribution is -2.33. The van der Waals surface area contributed by atoms with Gasteiger partial charge in [0.1, 0.15) is 0 Å². The Balaban J connectivity index is 2.76. The Morgan fingerprint density at radius 2 is 2.00 bits per heavy atom. The Morgan fingerprint density at radius 3 is 2.33 bits per heavy atom. The van der Waals surface area contributed by atoms with Crippen molar-refractivity contribution in [1.82, 2.24) is 0 Å². The van der Waals surface area contributed by atoms with Crippen LogP contribution in [0.15, 0.2) is 28.4 Å². The summed E-state index contributed by atoms with van der Waals surface area (Å²) in [6.45, 7) is 8.77. The van der Waals surface area contributed by atoms with Gasteiger partial charge < -0.3 is 5.73 Å². The number of rotatable bonds is 6. The Labute approximate surface area is 112 Å². The maximum absolute atomic E-state index is 5.72. The van der Waals surface area contributed by atoms with E-state index in [1.165, 1.54) is 30.4 Å². The molecule has 0 atom stereocenters. The lowest BCUT2D eigenvalue weighted by molar-refractivity contribution is 0.245. The van der Waals surface area contributed by atoms with E-state index < -0.39 is 0 Å². The molecular formula is C16H28N2. The Kier molecular flexibility index (Phi) is 5.64. The highest BCUT2D eigenvalue weighted by Gasteiger charge is 2.33. The minimum absolute atomic E-state index is 0.250. The molecule has 2 heteroatoms. The summed E-state index contributed by atoms with van der Waals surface area (Å²) in [5, 5.41) is 0. The van der Waals surface area contributed by atoms with Crippen LogP contribution in [0.2, 0.25) is 0 Å². The van der Waals surface area contributed by atoms with Crippen molar-refractivity contribution in [3.63, 3.8) is 0 Å². The van der Waals surface area contributed by atoms with Crippen LogP contribution in [-0.2, 0) is 0 Å². The zero-order chi connectivity index (χ0) is 13.6. The summed E-state index contributed by atoms with van der Waals surface area (Å²) in [5.74, 6) is 0.471. The van der Waals surface area contributed by atoms with E-state index in [4.69, 9.17) is 10.7 Å². The van der Waals surface area contributed by atoms with E-state index in [9.17, 15) is 0 Å². The minimum atomic E-state index is 0.250. The molecular weight excluding hydrogens is 220 g/mol. The van der Waals surface area contributed by atoms with Gasteiger partial charge in [-0.15, -0.1) is 0 Å². The van der Waals surface area contributed by atoms with Crippen LogP contribution >= 0.6 is 0 Å². The monoisotopic (exact) mass is 248 g/mol. The molecule has 2 nitrogen and oxygen atoms in total. The van der Waals surface area contributed by atoms with Crippen LogP contribution in [-0.4, -0.2) is 11.8 Å². The molecule has 1 aliphatic carbocycles. The van der Waals surface area contributed by atoms with Crippen molar-refractivity contribution in [3.8, 4) is 0 Å². The molecule has 1 saturated carbocycles. The molecule has 0 aromatic heterocycles. The largest absolute Gasteiger partial charge is 0.404 e. The first kappa shape index (κ1) is 15.0. The highest BCUT2D eigenvalue weighted by molar-refractivity contribution is 5.74. The zero-order valence-electron chi connectivity index (χ0n) is 12.4. The van der Waals surface area contributed by atoms with Crippen LogP contribution in [0.1, 0.15) is 59.8 Å². The fourth-order valence-electron chi connectivity index (χ4n) is 2.53. The molecule has 1 fully saturated rings. The molecule has 0 radical (unpaired) electrons. The van der Waals surface area contributed by atoms with E-state index in [0.29, 0.717) is 5.92 Å². The van der Waals surface area contributed by atoms with Crippen molar-refractivity contribution in [2.75, 3.05) is 0 Å². The third-order valence-corrected chi connectivity index (χ3v) is 4.12. The van der Waals surface area contributed by atoms with Crippen LogP contribution in [0.5, 0.6) is 0 Å². The second-order valence-electron chi connectivity index (χ2n) is 5.53. The third-order valence-electron chi connectivity index (χ3n) is 4.12. The van der Waals surface area contributed by atoms with Gasteiger partial charge in [-0.25, -0.2) is 0 Å². The predicted octanol–water partition coefficient (Wildman–Crippen LogP) is 4.22. The minimum Gasteiger partial charge on any atom is -0.404 e. The molecule has 18 heavy (non-hydrogen) atoms. The third kappa shape index (κ3) is 3.47. The number of hydrogen-bond acceptors (Lipinski definition) is 2. The Bertz CT molecular complexity index is 339. The lowest BCUT2D eigenvalue weighted by Gasteiger charge is -2.37. The Hall–Kier alpha value is -1.05. The van der Waals surface area contributed by atoms with Gasteiger partial charge in [-0.05, 0) is 61.4 Å². The number of hydrogen-bond donors (Lipinski definition) is 1. The van der Waals surface area contributed by atoms with Crippen molar-refractivity contribution >= 4 is 6.21 Å². The van der Waals surface area contributed by atoms with E-state index >= 15 is 0 Å². The van der Waals surface area contributed by atoms with Gasteiger partial charge in [0, 0.05) is 6.21 Å². The van der Waals surface area contributed by atoms with Gasteiger partial charge in [0.2, 0.25) is 0 Å². The molecule has 1 rings (SSSR count). The molecule has 0 unspecified atom stereocenters. The van der Waals surface area contributed by atoms with Gasteiger partial charge in [0.25, 0.3) is 0 Å². The highest BCUT2D eigenvalue weighted by atomic mass is 14.9. The fourth-order valence-corrected chi connectivity index (χ4v) is 2.53. The second kappa shape index (κ2) is 6.77. The second-order valence-corrected chi connectivity index (χ2v) is 5.53. The van der Waals surface area contributed by atoms with Gasteiger partial charge in [-0.2, -0.15) is 0 Å². The standard InChI is InChI=1S/C16H28N2/c1-5-14(15(12-17)13(3)4)8-11-18-16(6-2)9-7-10-16/h8,11-13H,5-7,9-10,17H2,1-4H3/b14-8-,15-12+,18-11-. The molecule has 0 aromatic carbocycles. The zero-order valence-corrected chi connectivity index (χ0v) is 12.4. The molecule has 0 aliphatic heterocycles. The smallest absolute Gasteiger partial charge is 0.0605 e. The highest BCUT2D eigenvalue weighted by Crippen LogP contribution is 2.38. The van der Waals surface area contributed by atoms with Crippen molar-refractivity contribution < 1.29 is 0 Å². The molecule has 0 spiro atoms. The van der Waals surface area contributed by atoms with Crippen molar-refractivity contribution in [2.24, 2.45) is 16.6 Å². The van der Waals surface area contributed by atoms with Gasteiger partial charge in [0.15, 0.2) is 0 Å². The molecule has 0 heterocycles. The average Bonchev–Trinajstić information content (AvgIpc) is 2.30. The Morgan fingerprint density at radius 1 is 1.33 bits per heavy atom. The molecule has 102 valence electrons. The SMILES string of the molecule is CCC(=C/C=N\C1(CC)CCC1)/C(=C/N)C(C)C. The summed E-state index contributed by atoms with van der Waals surface area (Å²) < 4.78 is 0. The summed E-state index contributed by atoms with van der Waals surface area (Å²) in [6.07, 6.45) is 11.9. The van der Waals surface area contributed by atoms with Gasteiger partial charge in [-0.1, -0.05) is 27.7 Å². The van der Waals surface area contributed by atoms with Crippen LogP contribution in [0.25, 0.3) is 0 Å². The first-order valence-corrected chi connectivity index (χ1v) is 7.25. The van der Waals surface area contributed by atoms with Crippen molar-refractivity contribution in [3.05, 3.63) is 23.4 Å². The molecule has 0 amide bonds. The van der Waals surface area contributed by atoms with E-state index in [1.54, 1.807) is 6.20 Å². The first-order valence-electron chi connectivity index (χ1n) is 7.25. The van der Waals surface area contributed by atoms with Gasteiger partial charge >= 0.3 is 0 Å². The molecule has 1 aliphatic rings. The number of nitrogens with zero attached hydrogens (tertiary/aromatic N) is 1. The first-order chi connectivity index (χ1) is 8.58. The maximum atomic E-state index is 5.72. The van der Waals surface area contributed by atoms with Crippen molar-refractivity contribution in [2.45, 2.75) is 65.3 Å². The van der Waals surface area contributed by atoms with Crippen LogP contribution in [0, 0.1) is 5.92 Å². The van der Waals surface area contributed by atoms with E-state index in [2.05, 4.69) is 33.8 Å². The fraction of sp³-hybridized carbons (Fsp3) is 0.688. The van der Waals surface area contributed by atoms with Gasteiger partial charge in [0.05, 0.1) is 5.54 Å². The molecule has 0 aromatic rings. The average molecular weight is 248 g/mol. The number of allylic oxidation sites excluding steroid dienone is 3. The quantitative estimate of drug-likeness (QED) is 0.554. The van der Waals surface area contributed by atoms with Crippen LogP contribution < -0.4 is 5.73 Å². The molecule has 2 N–H and O–H groups in total. The van der Waals surface area contributed by atoms with E-state index in [0.717, 1.165) is 12.8 Å². The predicted molar refractivity (Wildman–Crippen MR) is 80.8 cm³/mol. The van der Waals surface area contributed by atoms with Crippen LogP contribution in [0.4, 0.5) is 0 Å².